The van der Waals surface area contributed by atoms with Gasteiger partial charge < -0.3 is 45.7 Å². The molecule has 0 aliphatic rings. The molecule has 0 aromatic heterocycles. The van der Waals surface area contributed by atoms with Crippen LogP contribution in [-0.4, -0.2) is 89.3 Å². The lowest BCUT2D eigenvalue weighted by Gasteiger charge is -2.45. The van der Waals surface area contributed by atoms with Gasteiger partial charge in [0.1, 0.15) is 12.1 Å². The van der Waals surface area contributed by atoms with E-state index in [1.807, 2.05) is 60.7 Å². The van der Waals surface area contributed by atoms with Gasteiger partial charge in [0.15, 0.2) is 0 Å². The molecule has 0 saturated heterocycles. The Balaban J connectivity index is 2.21. The highest BCUT2D eigenvalue weighted by Crippen LogP contribution is 2.23. The normalized spacial score (nSPS) is 15.3. The summed E-state index contributed by atoms with van der Waals surface area (Å²) in [6.07, 6.45) is -3.83. The van der Waals surface area contributed by atoms with E-state index in [0.29, 0.717) is 6.42 Å². The number of methoxy groups -OCH3 is 1. The van der Waals surface area contributed by atoms with Crippen molar-refractivity contribution in [2.24, 2.45) is 5.41 Å². The Bertz CT molecular complexity index is 1180. The number of aliphatic hydroxyl groups is 2. The van der Waals surface area contributed by atoms with Crippen molar-refractivity contribution in [2.45, 2.75) is 90.3 Å². The van der Waals surface area contributed by atoms with E-state index in [-0.39, 0.29) is 19.5 Å². The van der Waals surface area contributed by atoms with Crippen LogP contribution in [0, 0.1) is 5.41 Å². The van der Waals surface area contributed by atoms with E-state index in [1.165, 1.54) is 7.11 Å². The Morgan fingerprint density at radius 1 is 0.818 bits per heavy atom. The van der Waals surface area contributed by atoms with Gasteiger partial charge in [-0.05, 0) is 50.2 Å². The molecule has 3 amide bonds. The summed E-state index contributed by atoms with van der Waals surface area (Å²) in [6.45, 7) is 10.6. The summed E-state index contributed by atoms with van der Waals surface area (Å²) in [6, 6.07) is 16.1. The third-order valence-corrected chi connectivity index (χ3v) is 7.36. The second-order valence-corrected chi connectivity index (χ2v) is 13.1. The number of amides is 3. The lowest BCUT2D eigenvalue weighted by atomic mass is 9.85. The fraction of sp³-hybridized carbons (Fsp3) is 0.545. The topological polar surface area (TPSA) is 163 Å². The number of carbonyl (C=O) groups excluding carboxylic acids is 3. The minimum Gasteiger partial charge on any atom is -0.530 e. The minimum absolute atomic E-state index is 0.0155. The van der Waals surface area contributed by atoms with Crippen molar-refractivity contribution >= 4 is 18.1 Å². The molecular formula is C33H49N4O7-. The Morgan fingerprint density at radius 3 is 1.77 bits per heavy atom. The number of nitrogens with zero attached hydrogens (tertiary/aromatic N) is 1. The van der Waals surface area contributed by atoms with Crippen LogP contribution in [0.3, 0.4) is 0 Å². The zero-order chi connectivity index (χ0) is 33.1. The van der Waals surface area contributed by atoms with Crippen LogP contribution >= 0.6 is 0 Å². The largest absolute Gasteiger partial charge is 0.530 e. The van der Waals surface area contributed by atoms with Crippen molar-refractivity contribution < 1.29 is 34.4 Å². The molecule has 0 heterocycles. The van der Waals surface area contributed by atoms with E-state index >= 15 is 0 Å². The van der Waals surface area contributed by atoms with Gasteiger partial charge in [-0.3, -0.25) is 4.79 Å². The Labute approximate surface area is 261 Å². The van der Waals surface area contributed by atoms with E-state index in [0.717, 1.165) is 16.0 Å². The van der Waals surface area contributed by atoms with E-state index in [1.54, 1.807) is 41.5 Å². The number of hydrogen-bond donors (Lipinski definition) is 5. The fourth-order valence-electron chi connectivity index (χ4n) is 5.09. The van der Waals surface area contributed by atoms with E-state index < -0.39 is 59.4 Å². The molecule has 5 N–H and O–H groups in total. The maximum atomic E-state index is 13.4. The van der Waals surface area contributed by atoms with Crippen molar-refractivity contribution in [3.63, 3.8) is 0 Å². The molecule has 0 saturated carbocycles. The van der Waals surface area contributed by atoms with Crippen LogP contribution in [-0.2, 0) is 22.4 Å². The molecule has 2 aromatic carbocycles. The number of aliphatic hydroxyl groups excluding tert-OH is 2. The number of carboxylic acid groups (broad SMARTS) is 1. The number of ether oxygens (including phenoxy) is 1. The number of hydrogen-bond acceptors (Lipinski definition) is 8. The molecule has 0 bridgehead atoms. The average molecular weight is 614 g/mol. The van der Waals surface area contributed by atoms with Crippen LogP contribution in [0.5, 0.6) is 0 Å². The highest BCUT2D eigenvalue weighted by atomic mass is 16.5. The van der Waals surface area contributed by atoms with Gasteiger partial charge in [-0.1, -0.05) is 81.4 Å². The molecule has 244 valence electrons. The summed E-state index contributed by atoms with van der Waals surface area (Å²) in [5.41, 5.74) is 0.231. The first-order valence-electron chi connectivity index (χ1n) is 14.8. The lowest BCUT2D eigenvalue weighted by molar-refractivity contribution is -0.275. The molecule has 11 nitrogen and oxygen atoms in total. The molecule has 0 spiro atoms. The SMILES string of the molecule is COC(=O)N[C@@H](C(=O)N[C@@H](Cc1ccccc1)[C@H](O)CNC[C@@H](O)[C@H](Cc1ccccc1)N(C(=O)[O-])C(C)(C)C)C(C)(C)C. The highest BCUT2D eigenvalue weighted by Gasteiger charge is 2.36. The summed E-state index contributed by atoms with van der Waals surface area (Å²) < 4.78 is 4.70. The lowest BCUT2D eigenvalue weighted by Crippen LogP contribution is -2.62. The minimum atomic E-state index is -1.39. The Kier molecular flexibility index (Phi) is 13.6. The predicted molar refractivity (Wildman–Crippen MR) is 167 cm³/mol. The van der Waals surface area contributed by atoms with Gasteiger partial charge in [0, 0.05) is 18.6 Å². The number of nitrogens with one attached hydrogen (secondary N) is 3. The van der Waals surface area contributed by atoms with E-state index in [4.69, 9.17) is 4.74 Å². The summed E-state index contributed by atoms with van der Waals surface area (Å²) in [5, 5.41) is 43.2. The molecule has 2 aromatic rings. The molecule has 0 unspecified atom stereocenters. The third kappa shape index (κ3) is 11.4. The first kappa shape index (κ1) is 36.5. The molecule has 44 heavy (non-hydrogen) atoms. The monoisotopic (exact) mass is 613 g/mol. The number of alkyl carbamates (subject to hydrolysis) is 1. The van der Waals surface area contributed by atoms with Gasteiger partial charge in [-0.2, -0.15) is 0 Å². The number of carbonyl (C=O) groups is 3. The van der Waals surface area contributed by atoms with Crippen molar-refractivity contribution in [3.8, 4) is 0 Å². The first-order valence-corrected chi connectivity index (χ1v) is 14.8. The van der Waals surface area contributed by atoms with Gasteiger partial charge in [-0.15, -0.1) is 0 Å². The zero-order valence-corrected chi connectivity index (χ0v) is 26.9. The third-order valence-electron chi connectivity index (χ3n) is 7.36. The first-order chi connectivity index (χ1) is 20.5. The van der Waals surface area contributed by atoms with Crippen molar-refractivity contribution in [1.29, 1.82) is 0 Å². The zero-order valence-electron chi connectivity index (χ0n) is 26.9. The molecule has 5 atom stereocenters. The van der Waals surface area contributed by atoms with Gasteiger partial charge >= 0.3 is 6.09 Å². The van der Waals surface area contributed by atoms with Crippen LogP contribution in [0.2, 0.25) is 0 Å². The quantitative estimate of drug-likeness (QED) is 0.216. The van der Waals surface area contributed by atoms with Crippen LogP contribution in [0.25, 0.3) is 0 Å². The van der Waals surface area contributed by atoms with Crippen molar-refractivity contribution in [1.82, 2.24) is 20.9 Å². The van der Waals surface area contributed by atoms with Crippen LogP contribution in [0.1, 0.15) is 52.7 Å². The van der Waals surface area contributed by atoms with Gasteiger partial charge in [0.2, 0.25) is 5.91 Å². The van der Waals surface area contributed by atoms with Gasteiger partial charge in [-0.25, -0.2) is 4.79 Å². The molecule has 11 heteroatoms. The molecule has 0 aliphatic heterocycles. The molecular weight excluding hydrogens is 564 g/mol. The van der Waals surface area contributed by atoms with Crippen molar-refractivity contribution in [3.05, 3.63) is 71.8 Å². The summed E-state index contributed by atoms with van der Waals surface area (Å²) >= 11 is 0. The van der Waals surface area contributed by atoms with Gasteiger partial charge in [0.05, 0.1) is 31.4 Å². The van der Waals surface area contributed by atoms with Crippen LogP contribution < -0.4 is 21.1 Å². The van der Waals surface area contributed by atoms with Gasteiger partial charge in [0.25, 0.3) is 0 Å². The second kappa shape index (κ2) is 16.4. The highest BCUT2D eigenvalue weighted by molar-refractivity contribution is 5.86. The Morgan fingerprint density at radius 2 is 1.32 bits per heavy atom. The van der Waals surface area contributed by atoms with Crippen LogP contribution in [0.15, 0.2) is 60.7 Å². The summed E-state index contributed by atoms with van der Waals surface area (Å²) in [7, 11) is 1.22. The fourth-order valence-corrected chi connectivity index (χ4v) is 5.09. The summed E-state index contributed by atoms with van der Waals surface area (Å²) in [4.78, 5) is 38.7. The predicted octanol–water partition coefficient (Wildman–Crippen LogP) is 1.85. The standard InChI is InChI=1S/C33H50N4O7/c1-32(2,3)28(36-30(41)44-7)29(40)35-24(18-22-14-10-8-11-15-22)26(38)20-34-21-27(39)25(19-23-16-12-9-13-17-23)37(31(42)43)33(4,5)6/h8-17,24-28,34,38-39H,18-21H2,1-7H3,(H,35,40)(H,36,41)(H,42,43)/p-1/t24-,25-,26+,27+,28-/m0/s1. The summed E-state index contributed by atoms with van der Waals surface area (Å²) in [5.74, 6) is -0.486. The number of rotatable bonds is 14. The second-order valence-electron chi connectivity index (χ2n) is 13.1. The molecule has 0 aliphatic carbocycles. The molecule has 0 radical (unpaired) electrons. The average Bonchev–Trinajstić information content (AvgIpc) is 2.94. The smallest absolute Gasteiger partial charge is 0.407 e. The molecule has 2 rings (SSSR count). The Hall–Kier alpha value is -3.67. The maximum absolute atomic E-state index is 13.4. The molecule has 0 fully saturated rings. The number of benzene rings is 2. The maximum Gasteiger partial charge on any atom is 0.407 e. The van der Waals surface area contributed by atoms with Crippen LogP contribution in [0.4, 0.5) is 9.59 Å². The van der Waals surface area contributed by atoms with Crippen molar-refractivity contribution in [2.75, 3.05) is 20.2 Å². The van der Waals surface area contributed by atoms with E-state index in [2.05, 4.69) is 16.0 Å². The van der Waals surface area contributed by atoms with E-state index in [9.17, 15) is 29.7 Å².